The number of nitrogens with zero attached hydrogens (tertiary/aromatic N) is 3. The molecule has 0 saturated carbocycles. The minimum Gasteiger partial charge on any atom is -0.493 e. The van der Waals surface area contributed by atoms with E-state index in [1.165, 1.54) is 0 Å². The van der Waals surface area contributed by atoms with Crippen molar-refractivity contribution in [3.05, 3.63) is 34.6 Å². The maximum Gasteiger partial charge on any atom is 0.191 e. The fourth-order valence-corrected chi connectivity index (χ4v) is 3.19. The number of benzene rings is 1. The SMILES string of the molecule is CC(C)n1c(CN)nnc1SCCOc1cccc(Br)c1. The summed E-state index contributed by atoms with van der Waals surface area (Å²) < 4.78 is 8.80. The molecule has 0 amide bonds. The molecule has 2 aromatic rings. The molecular formula is C14H19BrN4OS. The van der Waals surface area contributed by atoms with Crippen molar-refractivity contribution < 1.29 is 4.74 Å². The Morgan fingerprint density at radius 1 is 1.38 bits per heavy atom. The van der Waals surface area contributed by atoms with E-state index in [4.69, 9.17) is 10.5 Å². The van der Waals surface area contributed by atoms with Gasteiger partial charge in [-0.3, -0.25) is 0 Å². The van der Waals surface area contributed by atoms with Crippen LogP contribution in [0.3, 0.4) is 0 Å². The van der Waals surface area contributed by atoms with Crippen LogP contribution in [0.2, 0.25) is 0 Å². The summed E-state index contributed by atoms with van der Waals surface area (Å²) >= 11 is 5.06. The molecule has 1 aromatic heterocycles. The van der Waals surface area contributed by atoms with Crippen LogP contribution in [0.1, 0.15) is 25.7 Å². The van der Waals surface area contributed by atoms with Crippen LogP contribution in [-0.4, -0.2) is 27.1 Å². The normalized spacial score (nSPS) is 11.1. The fraction of sp³-hybridized carbons (Fsp3) is 0.429. The molecule has 1 aromatic carbocycles. The van der Waals surface area contributed by atoms with Gasteiger partial charge in [0.2, 0.25) is 0 Å². The van der Waals surface area contributed by atoms with Crippen LogP contribution in [-0.2, 0) is 6.54 Å². The van der Waals surface area contributed by atoms with E-state index in [1.807, 2.05) is 24.3 Å². The highest BCUT2D eigenvalue weighted by Crippen LogP contribution is 2.22. The van der Waals surface area contributed by atoms with Gasteiger partial charge in [0.1, 0.15) is 11.6 Å². The molecular weight excluding hydrogens is 352 g/mol. The maximum absolute atomic E-state index is 5.71. The van der Waals surface area contributed by atoms with Crippen LogP contribution < -0.4 is 10.5 Å². The first-order valence-electron chi connectivity index (χ1n) is 6.77. The topological polar surface area (TPSA) is 66.0 Å². The van der Waals surface area contributed by atoms with Crippen molar-refractivity contribution in [1.29, 1.82) is 0 Å². The minimum atomic E-state index is 0.298. The van der Waals surface area contributed by atoms with Gasteiger partial charge in [-0.1, -0.05) is 33.8 Å². The summed E-state index contributed by atoms with van der Waals surface area (Å²) in [7, 11) is 0. The molecule has 0 aliphatic heterocycles. The van der Waals surface area contributed by atoms with Gasteiger partial charge in [-0.25, -0.2) is 0 Å². The number of hydrogen-bond donors (Lipinski definition) is 1. The third-order valence-corrected chi connectivity index (χ3v) is 4.21. The number of hydrogen-bond acceptors (Lipinski definition) is 5. The summed E-state index contributed by atoms with van der Waals surface area (Å²) in [6, 6.07) is 8.12. The van der Waals surface area contributed by atoms with Crippen molar-refractivity contribution in [3.63, 3.8) is 0 Å². The van der Waals surface area contributed by atoms with E-state index in [1.54, 1.807) is 11.8 Å². The summed E-state index contributed by atoms with van der Waals surface area (Å²) in [5, 5.41) is 9.22. The third-order valence-electron chi connectivity index (χ3n) is 2.81. The average molecular weight is 371 g/mol. The molecule has 1 heterocycles. The summed E-state index contributed by atoms with van der Waals surface area (Å²) in [6.45, 7) is 5.22. The largest absolute Gasteiger partial charge is 0.493 e. The van der Waals surface area contributed by atoms with Gasteiger partial charge in [0.05, 0.1) is 13.2 Å². The Balaban J connectivity index is 1.88. The number of nitrogens with two attached hydrogens (primary N) is 1. The highest BCUT2D eigenvalue weighted by molar-refractivity contribution is 9.10. The molecule has 0 fully saturated rings. The van der Waals surface area contributed by atoms with E-state index in [0.29, 0.717) is 19.2 Å². The zero-order valence-corrected chi connectivity index (χ0v) is 14.5. The van der Waals surface area contributed by atoms with Gasteiger partial charge in [-0.05, 0) is 32.0 Å². The lowest BCUT2D eigenvalue weighted by atomic mass is 10.3. The maximum atomic E-state index is 5.71. The Bertz CT molecular complexity index is 588. The molecule has 2 N–H and O–H groups in total. The summed E-state index contributed by atoms with van der Waals surface area (Å²) in [6.07, 6.45) is 0. The second kappa shape index (κ2) is 7.82. The van der Waals surface area contributed by atoms with Gasteiger partial charge in [0.25, 0.3) is 0 Å². The smallest absolute Gasteiger partial charge is 0.191 e. The molecule has 0 aliphatic rings. The lowest BCUT2D eigenvalue weighted by Gasteiger charge is -2.12. The summed E-state index contributed by atoms with van der Waals surface area (Å²) in [5.74, 6) is 2.49. The first-order chi connectivity index (χ1) is 10.1. The van der Waals surface area contributed by atoms with Crippen molar-refractivity contribution >= 4 is 27.7 Å². The van der Waals surface area contributed by atoms with E-state index < -0.39 is 0 Å². The molecule has 0 radical (unpaired) electrons. The van der Waals surface area contributed by atoms with Crippen LogP contribution in [0.5, 0.6) is 5.75 Å². The molecule has 0 saturated heterocycles. The Morgan fingerprint density at radius 2 is 2.19 bits per heavy atom. The number of aromatic nitrogens is 3. The van der Waals surface area contributed by atoms with Crippen molar-refractivity contribution in [2.24, 2.45) is 5.73 Å². The van der Waals surface area contributed by atoms with Gasteiger partial charge in [-0.15, -0.1) is 10.2 Å². The number of thioether (sulfide) groups is 1. The molecule has 0 unspecified atom stereocenters. The van der Waals surface area contributed by atoms with Crippen molar-refractivity contribution in [2.45, 2.75) is 31.6 Å². The van der Waals surface area contributed by atoms with E-state index in [-0.39, 0.29) is 0 Å². The summed E-state index contributed by atoms with van der Waals surface area (Å²) in [5.41, 5.74) is 5.69. The van der Waals surface area contributed by atoms with E-state index in [0.717, 1.165) is 27.0 Å². The molecule has 5 nitrogen and oxygen atoms in total. The highest BCUT2D eigenvalue weighted by atomic mass is 79.9. The zero-order valence-electron chi connectivity index (χ0n) is 12.1. The molecule has 0 spiro atoms. The zero-order chi connectivity index (χ0) is 15.2. The number of rotatable bonds is 7. The molecule has 0 bridgehead atoms. The fourth-order valence-electron chi connectivity index (χ4n) is 1.91. The first-order valence-corrected chi connectivity index (χ1v) is 8.54. The monoisotopic (exact) mass is 370 g/mol. The van der Waals surface area contributed by atoms with E-state index >= 15 is 0 Å². The minimum absolute atomic E-state index is 0.298. The Labute approximate surface area is 137 Å². The average Bonchev–Trinajstić information content (AvgIpc) is 2.87. The van der Waals surface area contributed by atoms with Crippen molar-refractivity contribution in [2.75, 3.05) is 12.4 Å². The second-order valence-corrected chi connectivity index (χ2v) is 6.70. The van der Waals surface area contributed by atoms with E-state index in [9.17, 15) is 0 Å². The standard InChI is InChI=1S/C14H19BrN4OS/c1-10(2)19-13(9-16)17-18-14(19)21-7-6-20-12-5-3-4-11(15)8-12/h3-5,8,10H,6-7,9,16H2,1-2H3. The lowest BCUT2D eigenvalue weighted by Crippen LogP contribution is -2.11. The lowest BCUT2D eigenvalue weighted by molar-refractivity contribution is 0.343. The third kappa shape index (κ3) is 4.46. The van der Waals surface area contributed by atoms with Gasteiger partial charge >= 0.3 is 0 Å². The summed E-state index contributed by atoms with van der Waals surface area (Å²) in [4.78, 5) is 0. The van der Waals surface area contributed by atoms with Crippen LogP contribution >= 0.6 is 27.7 Å². The Morgan fingerprint density at radius 3 is 2.86 bits per heavy atom. The van der Waals surface area contributed by atoms with Crippen LogP contribution in [0, 0.1) is 0 Å². The second-order valence-electron chi connectivity index (χ2n) is 4.72. The number of halogens is 1. The molecule has 0 aliphatic carbocycles. The van der Waals surface area contributed by atoms with Crippen molar-refractivity contribution in [1.82, 2.24) is 14.8 Å². The van der Waals surface area contributed by atoms with Gasteiger partial charge in [-0.2, -0.15) is 0 Å². The van der Waals surface area contributed by atoms with Crippen molar-refractivity contribution in [3.8, 4) is 5.75 Å². The Kier molecular flexibility index (Phi) is 6.08. The van der Waals surface area contributed by atoms with Crippen LogP contribution in [0.25, 0.3) is 0 Å². The van der Waals surface area contributed by atoms with Crippen LogP contribution in [0.15, 0.2) is 33.9 Å². The predicted molar refractivity (Wildman–Crippen MR) is 88.7 cm³/mol. The van der Waals surface area contributed by atoms with Gasteiger partial charge < -0.3 is 15.0 Å². The van der Waals surface area contributed by atoms with Crippen LogP contribution in [0.4, 0.5) is 0 Å². The van der Waals surface area contributed by atoms with Gasteiger partial charge in [0.15, 0.2) is 5.16 Å². The Hall–Kier alpha value is -1.05. The predicted octanol–water partition coefficient (Wildman–Crippen LogP) is 3.25. The van der Waals surface area contributed by atoms with Gasteiger partial charge in [0, 0.05) is 16.3 Å². The highest BCUT2D eigenvalue weighted by Gasteiger charge is 2.13. The molecule has 7 heteroatoms. The number of ether oxygens (including phenoxy) is 1. The molecule has 0 atom stereocenters. The quantitative estimate of drug-likeness (QED) is 0.598. The molecule has 2 rings (SSSR count). The first kappa shape index (κ1) is 16.3. The van der Waals surface area contributed by atoms with E-state index in [2.05, 4.69) is 44.5 Å². The molecule has 114 valence electrons. The molecule has 21 heavy (non-hydrogen) atoms.